The second-order valence-electron chi connectivity index (χ2n) is 7.31. The summed E-state index contributed by atoms with van der Waals surface area (Å²) in [5.74, 6) is 0.767. The van der Waals surface area contributed by atoms with Crippen LogP contribution in [-0.2, 0) is 5.41 Å². The molecule has 2 aliphatic rings. The molecular weight excluding hydrogens is 320 g/mol. The first kappa shape index (κ1) is 15.5. The van der Waals surface area contributed by atoms with Crippen molar-refractivity contribution in [3.63, 3.8) is 0 Å². The van der Waals surface area contributed by atoms with Crippen molar-refractivity contribution < 1.29 is 4.74 Å². The average molecular weight is 341 g/mol. The molecule has 0 saturated carbocycles. The number of aliphatic imine (C=N–C) groups is 1. The number of aryl methyl sites for hydroxylation is 2. The van der Waals surface area contributed by atoms with Crippen molar-refractivity contribution in [2.75, 3.05) is 11.9 Å². The van der Waals surface area contributed by atoms with Crippen molar-refractivity contribution in [2.45, 2.75) is 38.8 Å². The van der Waals surface area contributed by atoms with Crippen molar-refractivity contribution in [3.8, 4) is 5.75 Å². The minimum Gasteiger partial charge on any atom is -0.459 e. The zero-order valence-electron chi connectivity index (χ0n) is 14.6. The number of nitrogens with zero attached hydrogens (tertiary/aromatic N) is 2. The van der Waals surface area contributed by atoms with Crippen LogP contribution >= 0.6 is 11.6 Å². The van der Waals surface area contributed by atoms with Crippen molar-refractivity contribution in [1.29, 1.82) is 0 Å². The van der Waals surface area contributed by atoms with Gasteiger partial charge in [0.15, 0.2) is 0 Å². The summed E-state index contributed by atoms with van der Waals surface area (Å²) in [5.41, 5.74) is 4.97. The van der Waals surface area contributed by atoms with Gasteiger partial charge in [0.25, 0.3) is 0 Å². The normalized spacial score (nSPS) is 23.2. The summed E-state index contributed by atoms with van der Waals surface area (Å²) in [6.07, 6.45) is 1.93. The summed E-state index contributed by atoms with van der Waals surface area (Å²) in [5, 5.41) is 0.666. The molecule has 1 unspecified atom stereocenters. The molecule has 3 nitrogen and oxygen atoms in total. The number of likely N-dealkylation sites (N-methyl/N-ethyl adjacent to an activating group) is 1. The lowest BCUT2D eigenvalue weighted by Crippen LogP contribution is -2.61. The Morgan fingerprint density at radius 2 is 1.79 bits per heavy atom. The van der Waals surface area contributed by atoms with Gasteiger partial charge in [-0.05, 0) is 68.7 Å². The Hall–Kier alpha value is -2.00. The lowest BCUT2D eigenvalue weighted by molar-refractivity contribution is 0.0824. The third-order valence-electron chi connectivity index (χ3n) is 5.61. The Bertz CT molecular complexity index is 887. The zero-order valence-corrected chi connectivity index (χ0v) is 15.4. The van der Waals surface area contributed by atoms with Gasteiger partial charge in [-0.25, -0.2) is 0 Å². The Morgan fingerprint density at radius 3 is 2.54 bits per heavy atom. The van der Waals surface area contributed by atoms with E-state index in [1.54, 1.807) is 0 Å². The van der Waals surface area contributed by atoms with Gasteiger partial charge in [0.1, 0.15) is 11.4 Å². The number of halogens is 1. The predicted molar refractivity (Wildman–Crippen MR) is 100 cm³/mol. The van der Waals surface area contributed by atoms with Crippen LogP contribution < -0.4 is 9.64 Å². The van der Waals surface area contributed by atoms with Crippen molar-refractivity contribution in [1.82, 2.24) is 0 Å². The molecule has 1 atom stereocenters. The lowest BCUT2D eigenvalue weighted by Gasteiger charge is -2.44. The maximum atomic E-state index is 6.54. The Balaban J connectivity index is 1.90. The first-order valence-corrected chi connectivity index (χ1v) is 8.53. The van der Waals surface area contributed by atoms with E-state index in [0.717, 1.165) is 11.4 Å². The zero-order chi connectivity index (χ0) is 17.3. The van der Waals surface area contributed by atoms with E-state index in [1.165, 1.54) is 22.4 Å². The van der Waals surface area contributed by atoms with Crippen LogP contribution in [0.4, 0.5) is 11.4 Å². The van der Waals surface area contributed by atoms with Crippen LogP contribution in [-0.4, -0.2) is 19.0 Å². The highest BCUT2D eigenvalue weighted by atomic mass is 35.5. The largest absolute Gasteiger partial charge is 0.459 e. The summed E-state index contributed by atoms with van der Waals surface area (Å²) in [6.45, 7) is 8.74. The summed E-state index contributed by atoms with van der Waals surface area (Å²) in [7, 11) is 2.08. The van der Waals surface area contributed by atoms with Gasteiger partial charge >= 0.3 is 0 Å². The average Bonchev–Trinajstić information content (AvgIpc) is 2.68. The van der Waals surface area contributed by atoms with Crippen LogP contribution in [0.3, 0.4) is 0 Å². The van der Waals surface area contributed by atoms with Gasteiger partial charge in [-0.2, -0.15) is 0 Å². The topological polar surface area (TPSA) is 24.8 Å². The molecule has 0 N–H and O–H groups in total. The maximum absolute atomic E-state index is 6.54. The predicted octanol–water partition coefficient (Wildman–Crippen LogP) is 5.18. The second-order valence-corrected chi connectivity index (χ2v) is 7.74. The highest BCUT2D eigenvalue weighted by molar-refractivity contribution is 6.30. The molecule has 124 valence electrons. The number of benzene rings is 2. The van der Waals surface area contributed by atoms with E-state index in [-0.39, 0.29) is 5.41 Å². The molecule has 0 saturated heterocycles. The fourth-order valence-corrected chi connectivity index (χ4v) is 4.01. The van der Waals surface area contributed by atoms with E-state index < -0.39 is 5.72 Å². The van der Waals surface area contributed by atoms with Gasteiger partial charge in [-0.3, -0.25) is 4.99 Å². The Morgan fingerprint density at radius 1 is 1.08 bits per heavy atom. The molecule has 0 aromatic heterocycles. The van der Waals surface area contributed by atoms with E-state index in [4.69, 9.17) is 16.3 Å². The molecule has 2 heterocycles. The molecule has 1 spiro atoms. The summed E-state index contributed by atoms with van der Waals surface area (Å²) < 4.78 is 6.54. The van der Waals surface area contributed by atoms with Gasteiger partial charge in [0.2, 0.25) is 5.72 Å². The highest BCUT2D eigenvalue weighted by Crippen LogP contribution is 2.54. The van der Waals surface area contributed by atoms with Crippen LogP contribution in [0.5, 0.6) is 5.75 Å². The van der Waals surface area contributed by atoms with Crippen LogP contribution in [0, 0.1) is 13.8 Å². The number of ether oxygens (including phenoxy) is 1. The van der Waals surface area contributed by atoms with E-state index in [1.807, 2.05) is 24.4 Å². The molecular formula is C20H21ClN2O. The minimum absolute atomic E-state index is 0.240. The van der Waals surface area contributed by atoms with Crippen LogP contribution in [0.2, 0.25) is 5.02 Å². The number of hydrogen-bond acceptors (Lipinski definition) is 3. The Kier molecular flexibility index (Phi) is 3.08. The van der Waals surface area contributed by atoms with Gasteiger partial charge < -0.3 is 9.64 Å². The molecule has 0 radical (unpaired) electrons. The number of fused-ring (bicyclic) bond motifs is 2. The minimum atomic E-state index is -0.642. The molecule has 2 aliphatic heterocycles. The third kappa shape index (κ3) is 1.82. The molecule has 2 aromatic carbocycles. The fourth-order valence-electron chi connectivity index (χ4n) is 3.84. The Labute approximate surface area is 147 Å². The molecule has 0 amide bonds. The monoisotopic (exact) mass is 340 g/mol. The lowest BCUT2D eigenvalue weighted by atomic mass is 9.77. The molecule has 0 bridgehead atoms. The molecule has 0 fully saturated rings. The third-order valence-corrected chi connectivity index (χ3v) is 5.84. The first-order valence-electron chi connectivity index (χ1n) is 8.15. The van der Waals surface area contributed by atoms with Gasteiger partial charge in [0.05, 0.1) is 11.6 Å². The molecule has 0 aliphatic carbocycles. The molecule has 2 aromatic rings. The SMILES string of the molecule is Cc1cc2c(cc1C)C(C)(C)C1(C=Nc3cc(Cl)ccc3O1)N2C. The van der Waals surface area contributed by atoms with E-state index in [0.29, 0.717) is 5.02 Å². The second kappa shape index (κ2) is 4.76. The number of anilines is 1. The van der Waals surface area contributed by atoms with E-state index in [2.05, 4.69) is 56.8 Å². The highest BCUT2D eigenvalue weighted by Gasteiger charge is 2.58. The number of rotatable bonds is 0. The van der Waals surface area contributed by atoms with Gasteiger partial charge in [-0.15, -0.1) is 0 Å². The standard InChI is InChI=1S/C20H21ClN2O/c1-12-8-15-17(9-13(12)2)23(5)20(19(15,3)4)11-22-16-10-14(21)6-7-18(16)24-20/h6-11H,1-5H3. The fraction of sp³-hybridized carbons (Fsp3) is 0.350. The summed E-state index contributed by atoms with van der Waals surface area (Å²) in [4.78, 5) is 6.89. The van der Waals surface area contributed by atoms with Gasteiger partial charge in [-0.1, -0.05) is 17.7 Å². The smallest absolute Gasteiger partial charge is 0.228 e. The summed E-state index contributed by atoms with van der Waals surface area (Å²) >= 11 is 6.08. The van der Waals surface area contributed by atoms with Crippen molar-refractivity contribution >= 4 is 29.2 Å². The molecule has 4 heteroatoms. The maximum Gasteiger partial charge on any atom is 0.228 e. The van der Waals surface area contributed by atoms with Crippen molar-refractivity contribution in [2.24, 2.45) is 4.99 Å². The van der Waals surface area contributed by atoms with E-state index in [9.17, 15) is 0 Å². The van der Waals surface area contributed by atoms with Crippen LogP contribution in [0.1, 0.15) is 30.5 Å². The molecule has 24 heavy (non-hydrogen) atoms. The van der Waals surface area contributed by atoms with Crippen LogP contribution in [0.15, 0.2) is 35.3 Å². The van der Waals surface area contributed by atoms with Gasteiger partial charge in [0, 0.05) is 17.8 Å². The quantitative estimate of drug-likeness (QED) is 0.660. The van der Waals surface area contributed by atoms with E-state index >= 15 is 0 Å². The molecule has 4 rings (SSSR count). The van der Waals surface area contributed by atoms with Crippen molar-refractivity contribution in [3.05, 3.63) is 52.0 Å². The van der Waals surface area contributed by atoms with Crippen LogP contribution in [0.25, 0.3) is 0 Å². The number of hydrogen-bond donors (Lipinski definition) is 0. The first-order chi connectivity index (χ1) is 11.3. The summed E-state index contributed by atoms with van der Waals surface area (Å²) in [6, 6.07) is 10.1.